The fourth-order valence-corrected chi connectivity index (χ4v) is 6.61. The van der Waals surface area contributed by atoms with Crippen LogP contribution in [0, 0.1) is 34.5 Å². The zero-order valence-corrected chi connectivity index (χ0v) is 23.2. The van der Waals surface area contributed by atoms with Crippen LogP contribution in [0.4, 0.5) is 13.2 Å². The second kappa shape index (κ2) is 10.9. The summed E-state index contributed by atoms with van der Waals surface area (Å²) in [4.78, 5) is 52.7. The van der Waals surface area contributed by atoms with Gasteiger partial charge in [-0.25, -0.2) is 0 Å². The molecule has 3 fully saturated rings. The van der Waals surface area contributed by atoms with Gasteiger partial charge in [-0.1, -0.05) is 56.3 Å². The molecule has 3 aliphatic rings. The molecule has 6 atom stereocenters. The first-order chi connectivity index (χ1) is 19.8. The lowest BCUT2D eigenvalue weighted by molar-refractivity contribution is -0.175. The average Bonchev–Trinajstić information content (AvgIpc) is 3.28. The number of likely N-dealkylation sites (tertiary alicyclic amines) is 1. The Bertz CT molecular complexity index is 1470. The summed E-state index contributed by atoms with van der Waals surface area (Å²) in [5, 5.41) is 18.6. The maximum atomic E-state index is 13.9. The van der Waals surface area contributed by atoms with Crippen molar-refractivity contribution < 1.29 is 32.3 Å². The minimum Gasteiger partial charge on any atom is -0.356 e. The van der Waals surface area contributed by atoms with Crippen molar-refractivity contribution in [3.63, 3.8) is 0 Å². The molecule has 12 heteroatoms. The molecule has 0 radical (unpaired) electrons. The minimum atomic E-state index is -5.21. The number of nitrogens with one attached hydrogen (secondary N) is 3. The zero-order valence-electron chi connectivity index (χ0n) is 23.2. The number of carbonyl (C=O) groups excluding carboxylic acids is 4. The predicted octanol–water partition coefficient (Wildman–Crippen LogP) is 2.45. The van der Waals surface area contributed by atoms with Crippen LogP contribution in [0.3, 0.4) is 0 Å². The molecule has 3 N–H and O–H groups in total. The predicted molar refractivity (Wildman–Crippen MR) is 145 cm³/mol. The van der Waals surface area contributed by atoms with E-state index >= 15 is 0 Å². The van der Waals surface area contributed by atoms with E-state index in [0.717, 1.165) is 10.8 Å². The van der Waals surface area contributed by atoms with Crippen molar-refractivity contribution >= 4 is 34.4 Å². The smallest absolute Gasteiger partial charge is 0.356 e. The topological polar surface area (TPSA) is 131 Å². The Kier molecular flexibility index (Phi) is 7.64. The lowest BCUT2D eigenvalue weighted by Gasteiger charge is -2.33. The summed E-state index contributed by atoms with van der Waals surface area (Å²) >= 11 is 0. The molecule has 2 aliphatic heterocycles. The summed E-state index contributed by atoms with van der Waals surface area (Å²) in [5.41, 5.74) is 0.245. The number of amides is 4. The van der Waals surface area contributed by atoms with Crippen LogP contribution >= 0.6 is 0 Å². The maximum absolute atomic E-state index is 13.9. The molecular weight excluding hydrogens is 551 g/mol. The van der Waals surface area contributed by atoms with Gasteiger partial charge in [-0.15, -0.1) is 0 Å². The summed E-state index contributed by atoms with van der Waals surface area (Å²) in [5.74, 6) is -4.60. The summed E-state index contributed by atoms with van der Waals surface area (Å²) in [7, 11) is 0. The number of alkyl halides is 3. The van der Waals surface area contributed by atoms with E-state index in [1.54, 1.807) is 18.2 Å². The number of carbonyl (C=O) groups is 4. The molecule has 1 aliphatic carbocycles. The Morgan fingerprint density at radius 1 is 1.14 bits per heavy atom. The van der Waals surface area contributed by atoms with E-state index in [0.29, 0.717) is 18.5 Å². The fraction of sp³-hybridized carbons (Fsp3) is 0.500. The van der Waals surface area contributed by atoms with E-state index in [9.17, 15) is 37.6 Å². The van der Waals surface area contributed by atoms with Crippen LogP contribution in [0.1, 0.15) is 32.3 Å². The highest BCUT2D eigenvalue weighted by atomic mass is 19.4. The number of fused-ring (bicyclic) bond motifs is 2. The van der Waals surface area contributed by atoms with Gasteiger partial charge < -0.3 is 20.9 Å². The monoisotopic (exact) mass is 583 g/mol. The highest BCUT2D eigenvalue weighted by Gasteiger charge is 2.69. The van der Waals surface area contributed by atoms with E-state index < -0.39 is 47.9 Å². The first-order valence-electron chi connectivity index (χ1n) is 13.9. The van der Waals surface area contributed by atoms with Gasteiger partial charge in [0.15, 0.2) is 0 Å². The van der Waals surface area contributed by atoms with Crippen LogP contribution in [0.25, 0.3) is 10.8 Å². The van der Waals surface area contributed by atoms with Crippen LogP contribution in [0.5, 0.6) is 0 Å². The first-order valence-corrected chi connectivity index (χ1v) is 13.9. The summed E-state index contributed by atoms with van der Waals surface area (Å²) in [6.45, 7) is 4.52. The molecule has 2 aromatic rings. The second-order valence-electron chi connectivity index (χ2n) is 12.0. The van der Waals surface area contributed by atoms with Gasteiger partial charge in [0.05, 0.1) is 6.07 Å². The number of benzene rings is 2. The third-order valence-electron chi connectivity index (χ3n) is 9.03. The van der Waals surface area contributed by atoms with Crippen LogP contribution in [-0.4, -0.2) is 65.9 Å². The Morgan fingerprint density at radius 3 is 2.50 bits per heavy atom. The van der Waals surface area contributed by atoms with E-state index in [1.807, 2.05) is 49.5 Å². The number of nitrogens with zero attached hydrogens (tertiary/aromatic N) is 2. The highest BCUT2D eigenvalue weighted by molar-refractivity contribution is 5.95. The van der Waals surface area contributed by atoms with Gasteiger partial charge in [0.25, 0.3) is 0 Å². The van der Waals surface area contributed by atoms with E-state index in [-0.39, 0.29) is 42.5 Å². The largest absolute Gasteiger partial charge is 0.471 e. The second-order valence-corrected chi connectivity index (χ2v) is 12.0. The quantitative estimate of drug-likeness (QED) is 0.440. The number of rotatable bonds is 8. The average molecular weight is 584 g/mol. The standard InChI is InChI=1S/C30H32F3N5O4/c1-29(2)21-15-38(24(23(21)29)26(40)36-20(14-34)13-19-9-10-35-25(19)39)27(41)22(37-28(42)30(31,32)33)12-16-7-8-17-5-3-4-6-18(17)11-16/h3-8,11,19-24H,9-10,12-13,15H2,1-2H3,(H,35,39)(H,36,40)(H,37,42). The van der Waals surface area contributed by atoms with Crippen LogP contribution in [0.2, 0.25) is 0 Å². The molecule has 6 unspecified atom stereocenters. The Hall–Kier alpha value is -4.14. The molecule has 0 aromatic heterocycles. The highest BCUT2D eigenvalue weighted by Crippen LogP contribution is 2.65. The molecule has 9 nitrogen and oxygen atoms in total. The van der Waals surface area contributed by atoms with Gasteiger partial charge in [0.2, 0.25) is 17.7 Å². The molecule has 0 spiro atoms. The van der Waals surface area contributed by atoms with Gasteiger partial charge in [-0.05, 0) is 46.4 Å². The molecule has 2 saturated heterocycles. The molecule has 2 aromatic carbocycles. The molecule has 4 amide bonds. The van der Waals surface area contributed by atoms with Gasteiger partial charge in [0.1, 0.15) is 18.1 Å². The molecule has 0 bridgehead atoms. The summed E-state index contributed by atoms with van der Waals surface area (Å²) < 4.78 is 39.9. The van der Waals surface area contributed by atoms with Crippen LogP contribution < -0.4 is 16.0 Å². The summed E-state index contributed by atoms with van der Waals surface area (Å²) in [6.07, 6.45) is -4.78. The third kappa shape index (κ3) is 5.65. The van der Waals surface area contributed by atoms with Crippen molar-refractivity contribution in [3.05, 3.63) is 48.0 Å². The van der Waals surface area contributed by atoms with E-state index in [4.69, 9.17) is 0 Å². The number of hydrogen-bond acceptors (Lipinski definition) is 5. The Balaban J connectivity index is 1.39. The van der Waals surface area contributed by atoms with Gasteiger partial charge in [-0.3, -0.25) is 19.2 Å². The van der Waals surface area contributed by atoms with Crippen molar-refractivity contribution in [2.75, 3.05) is 13.1 Å². The number of piperidine rings is 1. The van der Waals surface area contributed by atoms with Crippen molar-refractivity contribution in [1.29, 1.82) is 5.26 Å². The molecule has 42 heavy (non-hydrogen) atoms. The molecule has 1 saturated carbocycles. The molecular formula is C30H32F3N5O4. The number of halogens is 3. The van der Waals surface area contributed by atoms with Gasteiger partial charge in [-0.2, -0.15) is 18.4 Å². The van der Waals surface area contributed by atoms with Crippen LogP contribution in [-0.2, 0) is 25.6 Å². The van der Waals surface area contributed by atoms with Gasteiger partial charge in [0, 0.05) is 25.4 Å². The third-order valence-corrected chi connectivity index (χ3v) is 9.03. The number of hydrogen-bond donors (Lipinski definition) is 3. The van der Waals surface area contributed by atoms with Gasteiger partial charge >= 0.3 is 12.1 Å². The Labute approximate surface area is 240 Å². The zero-order chi connectivity index (χ0) is 30.4. The fourth-order valence-electron chi connectivity index (χ4n) is 6.61. The van der Waals surface area contributed by atoms with Crippen molar-refractivity contribution in [1.82, 2.24) is 20.9 Å². The molecule has 222 valence electrons. The normalized spacial score (nSPS) is 25.6. The SMILES string of the molecule is CC1(C)C2CN(C(=O)C(Cc3ccc4ccccc4c3)NC(=O)C(F)(F)F)C(C(=O)NC(C#N)CC3CCNC3=O)C21. The van der Waals surface area contributed by atoms with Crippen molar-refractivity contribution in [2.45, 2.75) is 57.4 Å². The minimum absolute atomic E-state index is 0.0713. The molecule has 2 heterocycles. The first kappa shape index (κ1) is 29.4. The van der Waals surface area contributed by atoms with E-state index in [2.05, 4.69) is 10.6 Å². The lowest BCUT2D eigenvalue weighted by Crippen LogP contribution is -2.58. The lowest BCUT2D eigenvalue weighted by atomic mass is 9.96. The molecule has 5 rings (SSSR count). The maximum Gasteiger partial charge on any atom is 0.471 e. The van der Waals surface area contributed by atoms with E-state index in [1.165, 1.54) is 4.90 Å². The van der Waals surface area contributed by atoms with Crippen molar-refractivity contribution in [2.24, 2.45) is 23.2 Å². The summed E-state index contributed by atoms with van der Waals surface area (Å²) in [6, 6.07) is 11.0. The Morgan fingerprint density at radius 2 is 1.86 bits per heavy atom. The van der Waals surface area contributed by atoms with Crippen LogP contribution in [0.15, 0.2) is 42.5 Å². The number of nitriles is 1. The van der Waals surface area contributed by atoms with Crippen molar-refractivity contribution in [3.8, 4) is 6.07 Å².